The van der Waals surface area contributed by atoms with E-state index in [4.69, 9.17) is 8.85 Å². The van der Waals surface area contributed by atoms with Crippen molar-refractivity contribution in [2.24, 2.45) is 0 Å². The highest BCUT2D eigenvalue weighted by atomic mass is 28.4. The number of rotatable bonds is 9. The third kappa shape index (κ3) is 10.5. The van der Waals surface area contributed by atoms with Gasteiger partial charge in [0.15, 0.2) is 0 Å². The molecule has 0 N–H and O–H groups in total. The molecule has 0 amide bonds. The van der Waals surface area contributed by atoms with Crippen LogP contribution < -0.4 is 0 Å². The van der Waals surface area contributed by atoms with E-state index >= 15 is 0 Å². The molecule has 0 atom stereocenters. The third-order valence-electron chi connectivity index (χ3n) is 4.66. The van der Waals surface area contributed by atoms with Crippen molar-refractivity contribution in [1.29, 1.82) is 0 Å². The van der Waals surface area contributed by atoms with Gasteiger partial charge in [0.25, 0.3) is 8.32 Å². The van der Waals surface area contributed by atoms with Crippen LogP contribution in [0.5, 0.6) is 0 Å². The smallest absolute Gasteiger partial charge is 0.258 e. The Bertz CT molecular complexity index is 512. The van der Waals surface area contributed by atoms with E-state index in [-0.39, 0.29) is 0 Å². The van der Waals surface area contributed by atoms with Gasteiger partial charge < -0.3 is 8.85 Å². The molecule has 0 aromatic carbocycles. The molecule has 2 nitrogen and oxygen atoms in total. The molecule has 0 heterocycles. The summed E-state index contributed by atoms with van der Waals surface area (Å²) in [6.45, 7) is 28.5. The SMILES string of the molecule is C/C=C(/C=C/C)O[Si](C(C)C)(C(C)C)C(C)C.C/C=C(/C=C/C)O[Si](C)(C)C. The van der Waals surface area contributed by atoms with Crippen LogP contribution >= 0.6 is 0 Å². The zero-order valence-electron chi connectivity index (χ0n) is 21.0. The van der Waals surface area contributed by atoms with Crippen molar-refractivity contribution in [2.45, 2.75) is 106 Å². The molecule has 0 saturated heterocycles. The fourth-order valence-electron chi connectivity index (χ4n) is 3.62. The normalized spacial score (nSPS) is 14.3. The lowest BCUT2D eigenvalue weighted by Gasteiger charge is -2.42. The summed E-state index contributed by atoms with van der Waals surface area (Å²) < 4.78 is 12.3. The molecule has 0 spiro atoms. The maximum absolute atomic E-state index is 6.53. The molecule has 0 radical (unpaired) electrons. The molecule has 0 fully saturated rings. The van der Waals surface area contributed by atoms with Crippen LogP contribution in [-0.4, -0.2) is 16.6 Å². The molecule has 0 aliphatic carbocycles. The van der Waals surface area contributed by atoms with Gasteiger partial charge in [-0.3, -0.25) is 0 Å². The van der Waals surface area contributed by atoms with Crippen molar-refractivity contribution in [3.8, 4) is 0 Å². The minimum atomic E-state index is -1.77. The van der Waals surface area contributed by atoms with Crippen molar-refractivity contribution in [1.82, 2.24) is 0 Å². The van der Waals surface area contributed by atoms with Gasteiger partial charge in [-0.25, -0.2) is 0 Å². The Balaban J connectivity index is 0. The monoisotopic (exact) mass is 424 g/mol. The molecule has 0 aromatic heterocycles. The number of hydrogen-bond donors (Lipinski definition) is 0. The largest absolute Gasteiger partial charge is 0.545 e. The average Bonchev–Trinajstić information content (AvgIpc) is 2.56. The summed E-state index contributed by atoms with van der Waals surface area (Å²) >= 11 is 0. The van der Waals surface area contributed by atoms with Crippen molar-refractivity contribution in [2.75, 3.05) is 0 Å². The van der Waals surface area contributed by atoms with E-state index in [9.17, 15) is 0 Å². The minimum Gasteiger partial charge on any atom is -0.545 e. The first kappa shape index (κ1) is 29.2. The van der Waals surface area contributed by atoms with Crippen LogP contribution in [0.4, 0.5) is 0 Å². The van der Waals surface area contributed by atoms with Gasteiger partial charge in [-0.15, -0.1) is 0 Å². The first-order valence-electron chi connectivity index (χ1n) is 10.8. The van der Waals surface area contributed by atoms with Crippen LogP contribution in [0.15, 0.2) is 48.0 Å². The predicted octanol–water partition coefficient (Wildman–Crippen LogP) is 8.98. The lowest BCUT2D eigenvalue weighted by molar-refractivity contribution is 0.386. The van der Waals surface area contributed by atoms with E-state index in [1.807, 2.05) is 39.0 Å². The highest BCUT2D eigenvalue weighted by molar-refractivity contribution is 6.77. The number of allylic oxidation sites excluding steroid dienone is 6. The molecular weight excluding hydrogens is 376 g/mol. The zero-order valence-corrected chi connectivity index (χ0v) is 23.0. The Morgan fingerprint density at radius 1 is 0.607 bits per heavy atom. The first-order valence-corrected chi connectivity index (χ1v) is 16.3. The van der Waals surface area contributed by atoms with E-state index < -0.39 is 16.6 Å². The van der Waals surface area contributed by atoms with Crippen molar-refractivity contribution in [3.05, 3.63) is 48.0 Å². The zero-order chi connectivity index (χ0) is 22.5. The van der Waals surface area contributed by atoms with Crippen LogP contribution in [-0.2, 0) is 8.85 Å². The lowest BCUT2D eigenvalue weighted by atomic mass is 10.4. The molecule has 164 valence electrons. The van der Waals surface area contributed by atoms with E-state index in [1.165, 1.54) is 0 Å². The first-order chi connectivity index (χ1) is 12.8. The van der Waals surface area contributed by atoms with Gasteiger partial charge >= 0.3 is 0 Å². The van der Waals surface area contributed by atoms with E-state index in [0.29, 0.717) is 16.6 Å². The highest BCUT2D eigenvalue weighted by Gasteiger charge is 2.47. The Morgan fingerprint density at radius 3 is 1.14 bits per heavy atom. The summed E-state index contributed by atoms with van der Waals surface area (Å²) in [7, 11) is -3.17. The maximum atomic E-state index is 6.53. The molecule has 0 aromatic rings. The molecule has 0 aliphatic rings. The molecule has 0 rings (SSSR count). The van der Waals surface area contributed by atoms with Gasteiger partial charge in [-0.1, -0.05) is 53.7 Å². The van der Waals surface area contributed by atoms with Crippen LogP contribution in [0, 0.1) is 0 Å². The Hall–Kier alpha value is -1.01. The molecule has 0 unspecified atom stereocenters. The summed E-state index contributed by atoms with van der Waals surface area (Å²) in [5.74, 6) is 2.03. The van der Waals surface area contributed by atoms with Gasteiger partial charge in [0.1, 0.15) is 0 Å². The maximum Gasteiger partial charge on any atom is 0.258 e. The Kier molecular flexibility index (Phi) is 14.7. The Morgan fingerprint density at radius 2 is 0.929 bits per heavy atom. The molecule has 4 heteroatoms. The van der Waals surface area contributed by atoms with Gasteiger partial charge in [-0.05, 0) is 88.3 Å². The molecule has 0 bridgehead atoms. The summed E-state index contributed by atoms with van der Waals surface area (Å²) in [6.07, 6.45) is 12.2. The van der Waals surface area contributed by atoms with Gasteiger partial charge in [0.2, 0.25) is 8.32 Å². The molecule has 28 heavy (non-hydrogen) atoms. The van der Waals surface area contributed by atoms with Crippen molar-refractivity contribution < 1.29 is 8.85 Å². The molecular formula is C24H48O2Si2. The Labute approximate surface area is 179 Å². The highest BCUT2D eigenvalue weighted by Crippen LogP contribution is 2.43. The summed E-state index contributed by atoms with van der Waals surface area (Å²) in [6, 6.07) is 0. The van der Waals surface area contributed by atoms with Crippen LogP contribution in [0.2, 0.25) is 36.3 Å². The quantitative estimate of drug-likeness (QED) is 0.209. The second kappa shape index (κ2) is 14.1. The summed E-state index contributed by atoms with van der Waals surface area (Å²) in [5.41, 5.74) is 1.88. The fourth-order valence-corrected chi connectivity index (χ4v) is 9.81. The van der Waals surface area contributed by atoms with Crippen LogP contribution in [0.3, 0.4) is 0 Å². The number of hydrogen-bond acceptors (Lipinski definition) is 2. The van der Waals surface area contributed by atoms with E-state index in [1.54, 1.807) is 0 Å². The van der Waals surface area contributed by atoms with Gasteiger partial charge in [0.05, 0.1) is 11.5 Å². The fraction of sp³-hybridized carbons (Fsp3) is 0.667. The van der Waals surface area contributed by atoms with Gasteiger partial charge in [0, 0.05) is 0 Å². The standard InChI is InChI=1S/C15H30OSi.C9H18OSi/c1-9-11-15(10-2)16-17(12(3)4,13(5)6)14(7)8;1-6-8-9(7-2)10-11(3,4)5/h9-14H,1-8H3;6-8H,1-5H3/b11-9+,15-10-;8-6+,9-7-. The van der Waals surface area contributed by atoms with Crippen LogP contribution in [0.1, 0.15) is 69.2 Å². The van der Waals surface area contributed by atoms with Crippen molar-refractivity contribution >= 4 is 16.6 Å². The van der Waals surface area contributed by atoms with Crippen LogP contribution in [0.25, 0.3) is 0 Å². The third-order valence-corrected chi connectivity index (χ3v) is 11.5. The van der Waals surface area contributed by atoms with E-state index in [0.717, 1.165) is 11.5 Å². The second-order valence-electron chi connectivity index (χ2n) is 9.02. The summed E-state index contributed by atoms with van der Waals surface area (Å²) in [4.78, 5) is 0. The predicted molar refractivity (Wildman–Crippen MR) is 134 cm³/mol. The molecule has 0 aliphatic heterocycles. The minimum absolute atomic E-state index is 0.628. The van der Waals surface area contributed by atoms with E-state index in [2.05, 4.69) is 86.3 Å². The van der Waals surface area contributed by atoms with Gasteiger partial charge in [-0.2, -0.15) is 0 Å². The average molecular weight is 425 g/mol. The molecule has 0 saturated carbocycles. The van der Waals surface area contributed by atoms with Crippen molar-refractivity contribution in [3.63, 3.8) is 0 Å². The summed E-state index contributed by atoms with van der Waals surface area (Å²) in [5, 5.41) is 0. The second-order valence-corrected chi connectivity index (χ2v) is 18.8. The lowest BCUT2D eigenvalue weighted by Crippen LogP contribution is -2.47. The topological polar surface area (TPSA) is 18.5 Å².